The molecule has 0 bridgehead atoms. The van der Waals surface area contributed by atoms with Gasteiger partial charge in [0.15, 0.2) is 5.82 Å². The third-order valence-electron chi connectivity index (χ3n) is 15.1. The van der Waals surface area contributed by atoms with Crippen molar-refractivity contribution in [3.05, 3.63) is 303 Å². The number of aromatic nitrogens is 2. The minimum Gasteiger partial charge on any atom is -0.228 e. The molecule has 0 aliphatic rings. The molecule has 79 heavy (non-hydrogen) atoms. The van der Waals surface area contributed by atoms with Gasteiger partial charge in [0.05, 0.1) is 11.4 Å². The standard InChI is InChI=1S/C76H50N2S/c1-7-22-51(23-8-1)52-38-42-54(43-39-52)66-50-67(78-76(77-66)60-32-17-6-18-33-60)55-44-40-53(41-45-55)61-34-21-35-62(48-61)74-72(58-28-13-4-14-29-58)70(56-24-9-2-10-25-56)71(57-26-11-3-12-27-57)73(59-30-15-5-16-31-59)75(74)63-46-47-65-64-36-19-20-37-68(64)79-69(65)49-63/h1-50H. The van der Waals surface area contributed by atoms with E-state index < -0.39 is 0 Å². The molecule has 0 radical (unpaired) electrons. The second kappa shape index (κ2) is 20.8. The van der Waals surface area contributed by atoms with E-state index in [0.29, 0.717) is 5.82 Å². The summed E-state index contributed by atoms with van der Waals surface area (Å²) < 4.78 is 2.55. The summed E-state index contributed by atoms with van der Waals surface area (Å²) in [4.78, 5) is 10.4. The summed E-state index contributed by atoms with van der Waals surface area (Å²) in [6.07, 6.45) is 0. The molecule has 12 aromatic carbocycles. The van der Waals surface area contributed by atoms with Crippen LogP contribution in [0.5, 0.6) is 0 Å². The van der Waals surface area contributed by atoms with Crippen molar-refractivity contribution in [2.75, 3.05) is 0 Å². The molecule has 2 heterocycles. The number of hydrogen-bond donors (Lipinski definition) is 0. The number of thiophene rings is 1. The maximum atomic E-state index is 5.21. The number of hydrogen-bond acceptors (Lipinski definition) is 3. The van der Waals surface area contributed by atoms with Gasteiger partial charge in [0.1, 0.15) is 0 Å². The van der Waals surface area contributed by atoms with E-state index in [-0.39, 0.29) is 0 Å². The molecule has 0 saturated heterocycles. The highest BCUT2D eigenvalue weighted by molar-refractivity contribution is 7.25. The van der Waals surface area contributed by atoms with Crippen LogP contribution < -0.4 is 0 Å². The highest BCUT2D eigenvalue weighted by Crippen LogP contribution is 2.56. The highest BCUT2D eigenvalue weighted by Gasteiger charge is 2.29. The molecule has 0 amide bonds. The molecule has 0 aliphatic heterocycles. The lowest BCUT2D eigenvalue weighted by Crippen LogP contribution is -2.02. The summed E-state index contributed by atoms with van der Waals surface area (Å²) in [6, 6.07) is 110. The molecule has 14 aromatic rings. The quantitative estimate of drug-likeness (QED) is 0.129. The molecule has 0 atom stereocenters. The van der Waals surface area contributed by atoms with Gasteiger partial charge < -0.3 is 0 Å². The van der Waals surface area contributed by atoms with Gasteiger partial charge in [0, 0.05) is 36.9 Å². The lowest BCUT2D eigenvalue weighted by Gasteiger charge is -2.29. The third-order valence-corrected chi connectivity index (χ3v) is 16.3. The van der Waals surface area contributed by atoms with Crippen molar-refractivity contribution in [2.45, 2.75) is 0 Å². The molecule has 0 N–H and O–H groups in total. The van der Waals surface area contributed by atoms with E-state index in [9.17, 15) is 0 Å². The topological polar surface area (TPSA) is 25.8 Å². The number of benzene rings is 12. The molecule has 0 unspecified atom stereocenters. The second-order valence-electron chi connectivity index (χ2n) is 20.0. The first kappa shape index (κ1) is 47.4. The van der Waals surface area contributed by atoms with Crippen LogP contribution in [0.4, 0.5) is 0 Å². The Kier molecular flexibility index (Phi) is 12.5. The normalized spacial score (nSPS) is 11.3. The monoisotopic (exact) mass is 1020 g/mol. The average Bonchev–Trinajstić information content (AvgIpc) is 4.08. The average molecular weight is 1020 g/mol. The third kappa shape index (κ3) is 9.12. The fourth-order valence-electron chi connectivity index (χ4n) is 11.4. The Morgan fingerprint density at radius 3 is 0.987 bits per heavy atom. The Balaban J connectivity index is 0.982. The minimum atomic E-state index is 0.691. The summed E-state index contributed by atoms with van der Waals surface area (Å²) in [5.74, 6) is 0.691. The van der Waals surface area contributed by atoms with Crippen LogP contribution in [0, 0.1) is 0 Å². The van der Waals surface area contributed by atoms with E-state index in [2.05, 4.69) is 285 Å². The fourth-order valence-corrected chi connectivity index (χ4v) is 12.5. The molecule has 370 valence electrons. The van der Waals surface area contributed by atoms with Gasteiger partial charge in [-0.25, -0.2) is 9.97 Å². The lowest BCUT2D eigenvalue weighted by atomic mass is 9.74. The SMILES string of the molecule is c1ccc(-c2ccc(-c3cc(-c4ccc(-c5cccc(-c6c(-c7ccccc7)c(-c7ccccc7)c(-c7ccccc7)c(-c7ccccc7)c6-c6ccc7c(c6)sc6ccccc67)c5)cc4)nc(-c4ccccc4)n3)cc2)cc1. The molecule has 0 aliphatic carbocycles. The molecular weight excluding hydrogens is 973 g/mol. The Labute approximate surface area is 465 Å². The Morgan fingerprint density at radius 2 is 0.506 bits per heavy atom. The summed E-state index contributed by atoms with van der Waals surface area (Å²) in [5.41, 5.74) is 23.4. The zero-order valence-corrected chi connectivity index (χ0v) is 44.0. The maximum absolute atomic E-state index is 5.21. The van der Waals surface area contributed by atoms with Crippen LogP contribution in [0.2, 0.25) is 0 Å². The van der Waals surface area contributed by atoms with Crippen LogP contribution in [0.15, 0.2) is 303 Å². The van der Waals surface area contributed by atoms with Gasteiger partial charge in [-0.2, -0.15) is 0 Å². The Hall–Kier alpha value is -10.1. The van der Waals surface area contributed by atoms with Gasteiger partial charge in [-0.1, -0.05) is 279 Å². The lowest BCUT2D eigenvalue weighted by molar-refractivity contribution is 1.18. The van der Waals surface area contributed by atoms with Crippen LogP contribution >= 0.6 is 11.3 Å². The van der Waals surface area contributed by atoms with Gasteiger partial charge in [-0.05, 0) is 113 Å². The van der Waals surface area contributed by atoms with Gasteiger partial charge in [0.2, 0.25) is 0 Å². The van der Waals surface area contributed by atoms with E-state index in [4.69, 9.17) is 9.97 Å². The summed E-state index contributed by atoms with van der Waals surface area (Å²) in [7, 11) is 0. The zero-order valence-electron chi connectivity index (χ0n) is 43.2. The van der Waals surface area contributed by atoms with E-state index in [1.54, 1.807) is 0 Å². The Morgan fingerprint density at radius 1 is 0.190 bits per heavy atom. The first-order valence-corrected chi connectivity index (χ1v) is 27.7. The van der Waals surface area contributed by atoms with Crippen molar-refractivity contribution in [3.8, 4) is 123 Å². The molecule has 3 heteroatoms. The van der Waals surface area contributed by atoms with Gasteiger partial charge in [-0.15, -0.1) is 11.3 Å². The summed E-state index contributed by atoms with van der Waals surface area (Å²) in [5, 5.41) is 2.56. The largest absolute Gasteiger partial charge is 0.228 e. The predicted octanol–water partition coefficient (Wildman–Crippen LogP) is 21.2. The molecule has 14 rings (SSSR count). The molecule has 0 fully saturated rings. The number of fused-ring (bicyclic) bond motifs is 3. The number of rotatable bonds is 11. The van der Waals surface area contributed by atoms with Gasteiger partial charge >= 0.3 is 0 Å². The molecule has 0 saturated carbocycles. The zero-order chi connectivity index (χ0) is 52.5. The molecule has 0 spiro atoms. The van der Waals surface area contributed by atoms with Gasteiger partial charge in [-0.3, -0.25) is 0 Å². The maximum Gasteiger partial charge on any atom is 0.160 e. The minimum absolute atomic E-state index is 0.691. The predicted molar refractivity (Wildman–Crippen MR) is 335 cm³/mol. The van der Waals surface area contributed by atoms with E-state index >= 15 is 0 Å². The van der Waals surface area contributed by atoms with Crippen molar-refractivity contribution in [2.24, 2.45) is 0 Å². The first-order valence-electron chi connectivity index (χ1n) is 26.9. The summed E-state index contributed by atoms with van der Waals surface area (Å²) in [6.45, 7) is 0. The van der Waals surface area contributed by atoms with Crippen molar-refractivity contribution in [1.29, 1.82) is 0 Å². The van der Waals surface area contributed by atoms with Crippen LogP contribution in [0.25, 0.3) is 143 Å². The molecular formula is C76H50N2S. The molecule has 2 aromatic heterocycles. The van der Waals surface area contributed by atoms with Gasteiger partial charge in [0.25, 0.3) is 0 Å². The smallest absolute Gasteiger partial charge is 0.160 e. The van der Waals surface area contributed by atoms with Crippen molar-refractivity contribution in [1.82, 2.24) is 9.97 Å². The fraction of sp³-hybridized carbons (Fsp3) is 0. The van der Waals surface area contributed by atoms with Crippen LogP contribution in [0.3, 0.4) is 0 Å². The molecule has 2 nitrogen and oxygen atoms in total. The van der Waals surface area contributed by atoms with E-state index in [1.165, 1.54) is 70.2 Å². The van der Waals surface area contributed by atoms with Crippen LogP contribution in [0.1, 0.15) is 0 Å². The van der Waals surface area contributed by atoms with Crippen LogP contribution in [-0.2, 0) is 0 Å². The second-order valence-corrected chi connectivity index (χ2v) is 21.0. The summed E-state index contributed by atoms with van der Waals surface area (Å²) >= 11 is 1.86. The van der Waals surface area contributed by atoms with E-state index in [1.807, 2.05) is 29.5 Å². The highest BCUT2D eigenvalue weighted by atomic mass is 32.1. The number of nitrogens with zero attached hydrogens (tertiary/aromatic N) is 2. The first-order chi connectivity index (χ1) is 39.2. The van der Waals surface area contributed by atoms with Crippen LogP contribution in [-0.4, -0.2) is 9.97 Å². The van der Waals surface area contributed by atoms with Crippen molar-refractivity contribution >= 4 is 31.5 Å². The van der Waals surface area contributed by atoms with E-state index in [0.717, 1.165) is 67.0 Å². The van der Waals surface area contributed by atoms with Crippen molar-refractivity contribution < 1.29 is 0 Å². The Bertz CT molecular complexity index is 4460. The van der Waals surface area contributed by atoms with Crippen molar-refractivity contribution in [3.63, 3.8) is 0 Å².